The van der Waals surface area contributed by atoms with E-state index in [2.05, 4.69) is 80.7 Å². The van der Waals surface area contributed by atoms with E-state index in [9.17, 15) is 5.26 Å². The van der Waals surface area contributed by atoms with Gasteiger partial charge in [-0.05, 0) is 0 Å². The Morgan fingerprint density at radius 1 is 1.00 bits per heavy atom. The zero-order valence-electron chi connectivity index (χ0n) is 16.5. The maximum atomic E-state index is 10.4. The first-order chi connectivity index (χ1) is 13.6. The van der Waals surface area contributed by atoms with Crippen molar-refractivity contribution in [3.05, 3.63) is 84.0 Å². The Kier molecular flexibility index (Phi) is 6.97. The molecule has 0 radical (unpaired) electrons. The number of nitrogens with zero attached hydrogens (tertiary/aromatic N) is 3. The summed E-state index contributed by atoms with van der Waals surface area (Å²) in [6, 6.07) is 23.5. The summed E-state index contributed by atoms with van der Waals surface area (Å²) >= 11 is 3.52. The molecule has 2 aromatic rings. The molecule has 1 aliphatic heterocycles. The molecular formula is C23H26N3PSe. The summed E-state index contributed by atoms with van der Waals surface area (Å²) in [6.07, 6.45) is 6.51. The number of hydrogen-bond acceptors (Lipinski definition) is 3. The van der Waals surface area contributed by atoms with Gasteiger partial charge in [-0.2, -0.15) is 0 Å². The van der Waals surface area contributed by atoms with Gasteiger partial charge in [-0.1, -0.05) is 0 Å². The van der Waals surface area contributed by atoms with Gasteiger partial charge >= 0.3 is 176 Å². The standard InChI is InChI=1S/C23H26N3PSe/c1-25(2)18-15-22(26-16-9-10-17-26)23(19-24)27(28,20-11-5-3-6-12-20)21-13-7-4-8-14-21/h3-8,11-15,18H,9-10,16-17H2,1-2H3/b18-15+,23-22+. The Balaban J connectivity index is 2.30. The minimum atomic E-state index is -2.17. The van der Waals surface area contributed by atoms with Crippen molar-refractivity contribution in [2.45, 2.75) is 12.8 Å². The number of nitriles is 1. The van der Waals surface area contributed by atoms with Gasteiger partial charge in [0.25, 0.3) is 0 Å². The Morgan fingerprint density at radius 2 is 1.50 bits per heavy atom. The number of hydrogen-bond donors (Lipinski definition) is 0. The van der Waals surface area contributed by atoms with Gasteiger partial charge in [0.05, 0.1) is 0 Å². The predicted molar refractivity (Wildman–Crippen MR) is 121 cm³/mol. The molecule has 0 unspecified atom stereocenters. The van der Waals surface area contributed by atoms with Crippen LogP contribution in [0.5, 0.6) is 0 Å². The van der Waals surface area contributed by atoms with E-state index in [-0.39, 0.29) is 0 Å². The molecule has 144 valence electrons. The van der Waals surface area contributed by atoms with Gasteiger partial charge in [0.1, 0.15) is 0 Å². The molecule has 3 nitrogen and oxygen atoms in total. The fraction of sp³-hybridized carbons (Fsp3) is 0.261. The first-order valence-electron chi connectivity index (χ1n) is 9.53. The molecule has 0 aliphatic carbocycles. The quantitative estimate of drug-likeness (QED) is 0.289. The third kappa shape index (κ3) is 4.34. The summed E-state index contributed by atoms with van der Waals surface area (Å²) in [5.41, 5.74) is -1.12. The second kappa shape index (κ2) is 9.44. The molecule has 3 rings (SSSR count). The molecule has 1 heterocycles. The van der Waals surface area contributed by atoms with E-state index in [1.165, 1.54) is 23.5 Å². The monoisotopic (exact) mass is 455 g/mol. The summed E-state index contributed by atoms with van der Waals surface area (Å²) < 4.78 is 0. The summed E-state index contributed by atoms with van der Waals surface area (Å²) in [4.78, 5) is 4.39. The summed E-state index contributed by atoms with van der Waals surface area (Å²) in [6.45, 7) is 2.00. The van der Waals surface area contributed by atoms with Crippen LogP contribution in [-0.2, 0) is 0 Å². The predicted octanol–water partition coefficient (Wildman–Crippen LogP) is 3.64. The van der Waals surface area contributed by atoms with Crippen molar-refractivity contribution < 1.29 is 0 Å². The summed E-state index contributed by atoms with van der Waals surface area (Å²) in [5.74, 6) is 0. The van der Waals surface area contributed by atoms with Crippen LogP contribution in [0, 0.1) is 11.3 Å². The first kappa shape index (κ1) is 20.7. The molecule has 1 saturated heterocycles. The third-order valence-corrected chi connectivity index (χ3v) is 11.7. The molecule has 5 heteroatoms. The van der Waals surface area contributed by atoms with E-state index in [0.717, 1.165) is 24.1 Å². The Hall–Kier alpha value is -2.04. The van der Waals surface area contributed by atoms with Crippen molar-refractivity contribution in [3.63, 3.8) is 0 Å². The van der Waals surface area contributed by atoms with Gasteiger partial charge in [0, 0.05) is 0 Å². The van der Waals surface area contributed by atoms with E-state index >= 15 is 0 Å². The second-order valence-electron chi connectivity index (χ2n) is 7.10. The average Bonchev–Trinajstić information content (AvgIpc) is 3.26. The second-order valence-corrected chi connectivity index (χ2v) is 13.2. The van der Waals surface area contributed by atoms with Gasteiger partial charge in [-0.3, -0.25) is 0 Å². The fourth-order valence-corrected chi connectivity index (χ4v) is 8.54. The van der Waals surface area contributed by atoms with Crippen LogP contribution >= 0.6 is 5.51 Å². The molecule has 2 aromatic carbocycles. The van der Waals surface area contributed by atoms with Gasteiger partial charge in [-0.25, -0.2) is 0 Å². The summed E-state index contributed by atoms with van der Waals surface area (Å²) in [7, 11) is 4.03. The average molecular weight is 454 g/mol. The zero-order chi connectivity index (χ0) is 20.0. The van der Waals surface area contributed by atoms with Crippen LogP contribution in [0.25, 0.3) is 0 Å². The fourth-order valence-electron chi connectivity index (χ4n) is 3.48. The molecule has 1 aliphatic rings. The number of rotatable bonds is 6. The minimum absolute atomic E-state index is 0.852. The normalized spacial score (nSPS) is 15.4. The number of allylic oxidation sites excluding steroid dienone is 2. The van der Waals surface area contributed by atoms with Gasteiger partial charge in [0.15, 0.2) is 0 Å². The van der Waals surface area contributed by atoms with Crippen LogP contribution in [0.3, 0.4) is 0 Å². The van der Waals surface area contributed by atoms with Gasteiger partial charge in [-0.15, -0.1) is 0 Å². The Labute approximate surface area is 176 Å². The number of likely N-dealkylation sites (tertiary alicyclic amines) is 1. The molecule has 0 atom stereocenters. The first-order valence-corrected chi connectivity index (χ1v) is 13.5. The van der Waals surface area contributed by atoms with Gasteiger partial charge < -0.3 is 0 Å². The van der Waals surface area contributed by atoms with Gasteiger partial charge in [0.2, 0.25) is 0 Å². The van der Waals surface area contributed by atoms with Crippen molar-refractivity contribution in [2.75, 3.05) is 27.2 Å². The Morgan fingerprint density at radius 3 is 1.93 bits per heavy atom. The third-order valence-electron chi connectivity index (χ3n) is 4.88. The molecule has 0 spiro atoms. The molecular weight excluding hydrogens is 428 g/mol. The molecule has 0 N–H and O–H groups in total. The SMILES string of the molecule is CN(C)/C=C/C(=C(/C#N)P(=[Se])(c1ccccc1)c1ccccc1)N1CCCC1. The molecule has 0 amide bonds. The van der Waals surface area contributed by atoms with Crippen molar-refractivity contribution in [1.82, 2.24) is 9.80 Å². The van der Waals surface area contributed by atoms with Crippen LogP contribution < -0.4 is 10.6 Å². The molecule has 28 heavy (non-hydrogen) atoms. The molecule has 0 aromatic heterocycles. The van der Waals surface area contributed by atoms with Crippen LogP contribution in [0.1, 0.15) is 12.8 Å². The summed E-state index contributed by atoms with van der Waals surface area (Å²) in [5, 5.41) is 13.6. The molecule has 1 fully saturated rings. The van der Waals surface area contributed by atoms with Crippen molar-refractivity contribution >= 4 is 31.2 Å². The topological polar surface area (TPSA) is 30.3 Å². The van der Waals surface area contributed by atoms with E-state index in [1.54, 1.807) is 0 Å². The van der Waals surface area contributed by atoms with Crippen LogP contribution in [0.2, 0.25) is 0 Å². The van der Waals surface area contributed by atoms with Crippen LogP contribution in [-0.4, -0.2) is 52.1 Å². The number of benzene rings is 2. The Bertz CT molecular complexity index is 893. The van der Waals surface area contributed by atoms with E-state index in [0.29, 0.717) is 0 Å². The van der Waals surface area contributed by atoms with Crippen LogP contribution in [0.4, 0.5) is 0 Å². The van der Waals surface area contributed by atoms with E-state index < -0.39 is 5.51 Å². The molecule has 0 saturated carbocycles. The van der Waals surface area contributed by atoms with Crippen molar-refractivity contribution in [2.24, 2.45) is 0 Å². The maximum absolute atomic E-state index is 10.4. The molecule has 0 bridgehead atoms. The van der Waals surface area contributed by atoms with E-state index in [1.807, 2.05) is 37.3 Å². The zero-order valence-corrected chi connectivity index (χ0v) is 19.1. The van der Waals surface area contributed by atoms with Crippen molar-refractivity contribution in [1.29, 1.82) is 5.26 Å². The van der Waals surface area contributed by atoms with Crippen LogP contribution in [0.15, 0.2) is 84.0 Å². The van der Waals surface area contributed by atoms with E-state index in [4.69, 9.17) is 0 Å². The van der Waals surface area contributed by atoms with Crippen molar-refractivity contribution in [3.8, 4) is 6.07 Å².